The van der Waals surface area contributed by atoms with Crippen molar-refractivity contribution in [2.75, 3.05) is 64.4 Å². The maximum absolute atomic E-state index is 5.96. The van der Waals surface area contributed by atoms with Crippen LogP contribution in [0.3, 0.4) is 0 Å². The van der Waals surface area contributed by atoms with Crippen molar-refractivity contribution in [3.05, 3.63) is 23.2 Å². The first-order valence-corrected chi connectivity index (χ1v) is 6.93. The number of nitrogen functional groups attached to an aromatic ring is 1. The molecule has 6 heteroatoms. The van der Waals surface area contributed by atoms with Gasteiger partial charge in [0.25, 0.3) is 0 Å². The van der Waals surface area contributed by atoms with Crippen molar-refractivity contribution < 1.29 is 14.2 Å². The van der Waals surface area contributed by atoms with Gasteiger partial charge in [0, 0.05) is 25.7 Å². The Balaban J connectivity index is 2.17. The predicted molar refractivity (Wildman–Crippen MR) is 82.6 cm³/mol. The minimum atomic E-state index is 0.572. The third kappa shape index (κ3) is 6.43. The number of nitrogens with zero attached hydrogens (tertiary/aromatic N) is 1. The zero-order valence-corrected chi connectivity index (χ0v) is 12.9. The fourth-order valence-electron chi connectivity index (χ4n) is 1.63. The molecular weight excluding hydrogens is 280 g/mol. The zero-order chi connectivity index (χ0) is 14.8. The Bertz CT molecular complexity index is 391. The van der Waals surface area contributed by atoms with E-state index in [1.807, 2.05) is 18.0 Å². The lowest BCUT2D eigenvalue weighted by Crippen LogP contribution is -2.24. The number of hydrogen-bond donors (Lipinski definition) is 1. The number of methoxy groups -OCH3 is 1. The second-order valence-electron chi connectivity index (χ2n) is 4.34. The molecule has 1 rings (SSSR count). The van der Waals surface area contributed by atoms with Crippen molar-refractivity contribution in [2.45, 2.75) is 0 Å². The Labute approximate surface area is 125 Å². The van der Waals surface area contributed by atoms with Crippen molar-refractivity contribution >= 4 is 23.0 Å². The van der Waals surface area contributed by atoms with Crippen LogP contribution in [0.5, 0.6) is 0 Å². The van der Waals surface area contributed by atoms with E-state index in [0.29, 0.717) is 43.7 Å². The molecule has 0 atom stereocenters. The molecule has 1 aromatic rings. The molecule has 0 aromatic heterocycles. The Hall–Kier alpha value is -1.01. The van der Waals surface area contributed by atoms with Crippen LogP contribution in [0.4, 0.5) is 11.4 Å². The summed E-state index contributed by atoms with van der Waals surface area (Å²) in [5.41, 5.74) is 7.54. The van der Waals surface area contributed by atoms with Gasteiger partial charge in [-0.15, -0.1) is 0 Å². The summed E-state index contributed by atoms with van der Waals surface area (Å²) in [7, 11) is 3.61. The van der Waals surface area contributed by atoms with Crippen molar-refractivity contribution in [1.82, 2.24) is 0 Å². The molecule has 0 saturated heterocycles. The van der Waals surface area contributed by atoms with E-state index in [4.69, 9.17) is 31.5 Å². The second kappa shape index (κ2) is 9.83. The van der Waals surface area contributed by atoms with E-state index in [9.17, 15) is 0 Å². The Kier molecular flexibility index (Phi) is 8.37. The number of hydrogen-bond acceptors (Lipinski definition) is 5. The highest BCUT2D eigenvalue weighted by atomic mass is 35.5. The topological polar surface area (TPSA) is 57.0 Å². The van der Waals surface area contributed by atoms with E-state index in [2.05, 4.69) is 0 Å². The highest BCUT2D eigenvalue weighted by molar-refractivity contribution is 6.31. The first kappa shape index (κ1) is 17.0. The maximum atomic E-state index is 5.96. The summed E-state index contributed by atoms with van der Waals surface area (Å²) in [6, 6.07) is 5.44. The summed E-state index contributed by atoms with van der Waals surface area (Å²) in [4.78, 5) is 2.02. The molecule has 0 unspecified atom stereocenters. The first-order chi connectivity index (χ1) is 9.65. The predicted octanol–water partition coefficient (Wildman–Crippen LogP) is 2.04. The molecule has 0 aliphatic rings. The molecule has 2 N–H and O–H groups in total. The third-order valence-electron chi connectivity index (χ3n) is 2.78. The molecule has 0 saturated carbocycles. The Morgan fingerprint density at radius 1 is 1.10 bits per heavy atom. The van der Waals surface area contributed by atoms with Gasteiger partial charge >= 0.3 is 0 Å². The molecular formula is C14H23ClN2O3. The van der Waals surface area contributed by atoms with Gasteiger partial charge in [0.05, 0.1) is 44.4 Å². The molecule has 5 nitrogen and oxygen atoms in total. The number of benzene rings is 1. The van der Waals surface area contributed by atoms with Crippen LogP contribution in [0.25, 0.3) is 0 Å². The van der Waals surface area contributed by atoms with E-state index < -0.39 is 0 Å². The van der Waals surface area contributed by atoms with Crippen LogP contribution in [0, 0.1) is 0 Å². The van der Waals surface area contributed by atoms with Crippen LogP contribution in [0.1, 0.15) is 0 Å². The molecule has 20 heavy (non-hydrogen) atoms. The molecule has 0 aliphatic carbocycles. The van der Waals surface area contributed by atoms with Crippen molar-refractivity contribution in [2.24, 2.45) is 0 Å². The number of likely N-dealkylation sites (N-methyl/N-ethyl adjacent to an activating group) is 1. The van der Waals surface area contributed by atoms with E-state index in [0.717, 1.165) is 12.2 Å². The first-order valence-electron chi connectivity index (χ1n) is 6.55. The largest absolute Gasteiger partial charge is 0.397 e. The number of rotatable bonds is 10. The van der Waals surface area contributed by atoms with Crippen molar-refractivity contribution in [3.63, 3.8) is 0 Å². The Morgan fingerprint density at radius 3 is 2.45 bits per heavy atom. The van der Waals surface area contributed by atoms with Gasteiger partial charge in [0.15, 0.2) is 0 Å². The zero-order valence-electron chi connectivity index (χ0n) is 12.1. The fourth-order valence-corrected chi connectivity index (χ4v) is 1.80. The number of halogens is 1. The van der Waals surface area contributed by atoms with Crippen LogP contribution in [-0.2, 0) is 14.2 Å². The highest BCUT2D eigenvalue weighted by Crippen LogP contribution is 2.25. The van der Waals surface area contributed by atoms with Gasteiger partial charge in [-0.2, -0.15) is 0 Å². The van der Waals surface area contributed by atoms with Crippen molar-refractivity contribution in [3.8, 4) is 0 Å². The van der Waals surface area contributed by atoms with Gasteiger partial charge in [-0.25, -0.2) is 0 Å². The number of ether oxygens (including phenoxy) is 3. The van der Waals surface area contributed by atoms with E-state index in [1.165, 1.54) is 0 Å². The molecule has 0 bridgehead atoms. The lowest BCUT2D eigenvalue weighted by molar-refractivity contribution is 0.0266. The number of nitrogens with two attached hydrogens (primary N) is 1. The highest BCUT2D eigenvalue weighted by Gasteiger charge is 2.05. The van der Waals surface area contributed by atoms with Crippen molar-refractivity contribution in [1.29, 1.82) is 0 Å². The van der Waals surface area contributed by atoms with Crippen LogP contribution in [-0.4, -0.2) is 53.7 Å². The summed E-state index contributed by atoms with van der Waals surface area (Å²) >= 11 is 5.96. The monoisotopic (exact) mass is 302 g/mol. The average molecular weight is 303 g/mol. The van der Waals surface area contributed by atoms with Gasteiger partial charge in [0.2, 0.25) is 0 Å². The summed E-state index contributed by atoms with van der Waals surface area (Å²) in [6.07, 6.45) is 0. The minimum absolute atomic E-state index is 0.572. The minimum Gasteiger partial charge on any atom is -0.397 e. The van der Waals surface area contributed by atoms with E-state index in [1.54, 1.807) is 19.2 Å². The molecule has 0 heterocycles. The SMILES string of the molecule is COCCOCCOCCN(C)c1cc(Cl)ccc1N. The summed E-state index contributed by atoms with van der Waals surface area (Å²) < 4.78 is 15.7. The van der Waals surface area contributed by atoms with E-state index in [-0.39, 0.29) is 0 Å². The molecule has 0 fully saturated rings. The van der Waals surface area contributed by atoms with Crippen LogP contribution in [0.2, 0.25) is 5.02 Å². The molecule has 0 radical (unpaired) electrons. The van der Waals surface area contributed by atoms with Gasteiger partial charge in [0.1, 0.15) is 0 Å². The van der Waals surface area contributed by atoms with Gasteiger partial charge < -0.3 is 24.8 Å². The Morgan fingerprint density at radius 2 is 1.75 bits per heavy atom. The third-order valence-corrected chi connectivity index (χ3v) is 3.01. The molecule has 0 spiro atoms. The maximum Gasteiger partial charge on any atom is 0.0701 e. The molecule has 0 aliphatic heterocycles. The van der Waals surface area contributed by atoms with Gasteiger partial charge in [-0.1, -0.05) is 11.6 Å². The second-order valence-corrected chi connectivity index (χ2v) is 4.78. The number of anilines is 2. The summed E-state index contributed by atoms with van der Waals surface area (Å²) in [6.45, 7) is 3.70. The smallest absolute Gasteiger partial charge is 0.0701 e. The summed E-state index contributed by atoms with van der Waals surface area (Å²) in [5, 5.41) is 0.675. The fraction of sp³-hybridized carbons (Fsp3) is 0.571. The lowest BCUT2D eigenvalue weighted by Gasteiger charge is -2.21. The standard InChI is InChI=1S/C14H23ClN2O3/c1-17(14-11-12(15)3-4-13(14)16)5-6-19-9-10-20-8-7-18-2/h3-4,11H,5-10,16H2,1-2H3. The molecule has 114 valence electrons. The average Bonchev–Trinajstić information content (AvgIpc) is 2.44. The van der Waals surface area contributed by atoms with Crippen LogP contribution < -0.4 is 10.6 Å². The molecule has 0 amide bonds. The van der Waals surface area contributed by atoms with Gasteiger partial charge in [-0.05, 0) is 18.2 Å². The van der Waals surface area contributed by atoms with Crippen LogP contribution in [0.15, 0.2) is 18.2 Å². The molecule has 1 aromatic carbocycles. The lowest BCUT2D eigenvalue weighted by atomic mass is 10.2. The van der Waals surface area contributed by atoms with Gasteiger partial charge in [-0.3, -0.25) is 0 Å². The normalized spacial score (nSPS) is 10.8. The summed E-state index contributed by atoms with van der Waals surface area (Å²) in [5.74, 6) is 0. The quantitative estimate of drug-likeness (QED) is 0.529. The van der Waals surface area contributed by atoms with Crippen LogP contribution >= 0.6 is 11.6 Å². The van der Waals surface area contributed by atoms with E-state index >= 15 is 0 Å².